The molecule has 0 spiro atoms. The molecular weight excluding hydrogens is 352 g/mol. The average molecular weight is 379 g/mol. The fourth-order valence-corrected chi connectivity index (χ4v) is 3.55. The van der Waals surface area contributed by atoms with Gasteiger partial charge in [0.05, 0.1) is 17.6 Å². The van der Waals surface area contributed by atoms with Crippen molar-refractivity contribution in [3.63, 3.8) is 0 Å². The lowest BCUT2D eigenvalue weighted by Crippen LogP contribution is -2.54. The van der Waals surface area contributed by atoms with Crippen LogP contribution in [0.4, 0.5) is 10.6 Å². The van der Waals surface area contributed by atoms with E-state index >= 15 is 0 Å². The Morgan fingerprint density at radius 3 is 2.46 bits per heavy atom. The van der Waals surface area contributed by atoms with Crippen LogP contribution in [0.25, 0.3) is 0 Å². The van der Waals surface area contributed by atoms with E-state index in [0.29, 0.717) is 16.5 Å². The zero-order valence-corrected chi connectivity index (χ0v) is 16.9. The summed E-state index contributed by atoms with van der Waals surface area (Å²) in [6.07, 6.45) is 3.58. The molecule has 2 atom stereocenters. The molecule has 26 heavy (non-hydrogen) atoms. The maximum atomic E-state index is 12.5. The number of halogens is 1. The van der Waals surface area contributed by atoms with Crippen LogP contribution in [0.5, 0.6) is 0 Å². The van der Waals surface area contributed by atoms with Crippen LogP contribution in [-0.2, 0) is 4.74 Å². The number of likely N-dealkylation sites (N-methyl/N-ethyl adjacent to an activating group) is 2. The fraction of sp³-hybridized carbons (Fsp3) is 0.632. The van der Waals surface area contributed by atoms with Crippen molar-refractivity contribution >= 4 is 23.5 Å². The van der Waals surface area contributed by atoms with Crippen molar-refractivity contribution < 1.29 is 9.53 Å². The van der Waals surface area contributed by atoms with Crippen LogP contribution in [0.1, 0.15) is 52.0 Å². The first-order chi connectivity index (χ1) is 12.1. The van der Waals surface area contributed by atoms with Gasteiger partial charge in [-0.1, -0.05) is 24.4 Å². The first-order valence-corrected chi connectivity index (χ1v) is 9.27. The Morgan fingerprint density at radius 1 is 1.27 bits per heavy atom. The molecule has 0 aliphatic heterocycles. The minimum absolute atomic E-state index is 0.0177. The number of carbonyl (C=O) groups is 1. The van der Waals surface area contributed by atoms with E-state index in [1.54, 1.807) is 24.1 Å². The van der Waals surface area contributed by atoms with Crippen molar-refractivity contribution in [1.29, 1.82) is 5.26 Å². The number of anilines is 1. The summed E-state index contributed by atoms with van der Waals surface area (Å²) >= 11 is 6.05. The molecule has 1 heterocycles. The van der Waals surface area contributed by atoms with Crippen LogP contribution >= 0.6 is 11.6 Å². The monoisotopic (exact) mass is 378 g/mol. The van der Waals surface area contributed by atoms with Crippen LogP contribution in [0, 0.1) is 11.3 Å². The summed E-state index contributed by atoms with van der Waals surface area (Å²) in [5, 5.41) is 9.75. The van der Waals surface area contributed by atoms with Gasteiger partial charge in [-0.05, 0) is 45.7 Å². The third kappa shape index (κ3) is 4.79. The maximum Gasteiger partial charge on any atom is 0.410 e. The second kappa shape index (κ2) is 8.13. The molecule has 6 nitrogen and oxygen atoms in total. The van der Waals surface area contributed by atoms with E-state index in [2.05, 4.69) is 11.1 Å². The topological polar surface area (TPSA) is 69.5 Å². The highest BCUT2D eigenvalue weighted by Gasteiger charge is 2.36. The molecule has 0 radical (unpaired) electrons. The Bertz CT molecular complexity index is 696. The number of hydrogen-bond donors (Lipinski definition) is 0. The molecule has 2 rings (SSSR count). The summed E-state index contributed by atoms with van der Waals surface area (Å²) in [7, 11) is 3.69. The molecule has 1 aliphatic carbocycles. The molecule has 1 amide bonds. The second-order valence-electron chi connectivity index (χ2n) is 7.74. The highest BCUT2D eigenvalue weighted by atomic mass is 35.5. The van der Waals surface area contributed by atoms with E-state index in [4.69, 9.17) is 16.3 Å². The Balaban J connectivity index is 2.27. The first kappa shape index (κ1) is 20.3. The molecule has 1 fully saturated rings. The Kier molecular flexibility index (Phi) is 6.35. The van der Waals surface area contributed by atoms with Gasteiger partial charge in [-0.15, -0.1) is 0 Å². The standard InChI is InChI=1S/C19H27ClN4O2/c1-19(2,3)26-18(25)24(5)15-9-7-6-8-14(15)23(4)17-13(12-21)10-11-16(20)22-17/h10-11,14-15H,6-9H2,1-5H3. The van der Waals surface area contributed by atoms with E-state index < -0.39 is 5.60 Å². The molecule has 142 valence electrons. The number of aromatic nitrogens is 1. The summed E-state index contributed by atoms with van der Waals surface area (Å²) in [6, 6.07) is 5.49. The third-order valence-electron chi connectivity index (χ3n) is 4.67. The number of nitrogens with zero attached hydrogens (tertiary/aromatic N) is 4. The van der Waals surface area contributed by atoms with Crippen molar-refractivity contribution in [1.82, 2.24) is 9.88 Å². The zero-order valence-electron chi connectivity index (χ0n) is 16.1. The molecule has 0 aromatic carbocycles. The molecule has 2 unspecified atom stereocenters. The van der Waals surface area contributed by atoms with Gasteiger partial charge in [0.1, 0.15) is 22.6 Å². The zero-order chi connectivity index (χ0) is 19.5. The molecule has 7 heteroatoms. The molecule has 1 saturated carbocycles. The van der Waals surface area contributed by atoms with Gasteiger partial charge >= 0.3 is 6.09 Å². The first-order valence-electron chi connectivity index (χ1n) is 8.89. The summed E-state index contributed by atoms with van der Waals surface area (Å²) < 4.78 is 5.53. The predicted octanol–water partition coefficient (Wildman–Crippen LogP) is 4.22. The maximum absolute atomic E-state index is 12.5. The number of rotatable bonds is 3. The number of hydrogen-bond acceptors (Lipinski definition) is 5. The minimum Gasteiger partial charge on any atom is -0.444 e. The van der Waals surface area contributed by atoms with Crippen LogP contribution in [0.2, 0.25) is 5.15 Å². The van der Waals surface area contributed by atoms with Crippen molar-refractivity contribution in [3.8, 4) is 6.07 Å². The van der Waals surface area contributed by atoms with Gasteiger partial charge in [-0.2, -0.15) is 5.26 Å². The van der Waals surface area contributed by atoms with Gasteiger partial charge in [0.15, 0.2) is 0 Å². The normalized spacial score (nSPS) is 20.2. The van der Waals surface area contributed by atoms with Crippen LogP contribution < -0.4 is 4.90 Å². The lowest BCUT2D eigenvalue weighted by Gasteiger charge is -2.43. The average Bonchev–Trinajstić information content (AvgIpc) is 2.59. The van der Waals surface area contributed by atoms with Crippen LogP contribution in [-0.4, -0.2) is 47.8 Å². The summed E-state index contributed by atoms with van der Waals surface area (Å²) in [5.41, 5.74) is -0.0645. The van der Waals surface area contributed by atoms with E-state index in [-0.39, 0.29) is 18.2 Å². The Morgan fingerprint density at radius 2 is 1.88 bits per heavy atom. The molecular formula is C19H27ClN4O2. The summed E-state index contributed by atoms with van der Waals surface area (Å²) in [6.45, 7) is 5.58. The number of amides is 1. The molecule has 0 bridgehead atoms. The molecule has 0 N–H and O–H groups in total. The van der Waals surface area contributed by atoms with Crippen LogP contribution in [0.3, 0.4) is 0 Å². The van der Waals surface area contributed by atoms with E-state index in [1.807, 2.05) is 32.7 Å². The van der Waals surface area contributed by atoms with Crippen molar-refractivity contribution in [2.24, 2.45) is 0 Å². The molecule has 1 aromatic heterocycles. The summed E-state index contributed by atoms with van der Waals surface area (Å²) in [5.74, 6) is 0.550. The van der Waals surface area contributed by atoms with Crippen LogP contribution in [0.15, 0.2) is 12.1 Å². The van der Waals surface area contributed by atoms with Gasteiger partial charge in [0.2, 0.25) is 0 Å². The number of carbonyl (C=O) groups excluding carboxylic acids is 1. The van der Waals surface area contributed by atoms with Gasteiger partial charge in [0, 0.05) is 14.1 Å². The van der Waals surface area contributed by atoms with Crippen molar-refractivity contribution in [3.05, 3.63) is 22.8 Å². The quantitative estimate of drug-likeness (QED) is 0.736. The fourth-order valence-electron chi connectivity index (χ4n) is 3.40. The highest BCUT2D eigenvalue weighted by Crippen LogP contribution is 2.31. The minimum atomic E-state index is -0.538. The van der Waals surface area contributed by atoms with Gasteiger partial charge in [-0.25, -0.2) is 9.78 Å². The van der Waals surface area contributed by atoms with E-state index in [0.717, 1.165) is 25.7 Å². The van der Waals surface area contributed by atoms with Crippen molar-refractivity contribution in [2.45, 2.75) is 64.1 Å². The number of nitriles is 1. The Labute approximate surface area is 160 Å². The summed E-state index contributed by atoms with van der Waals surface area (Å²) in [4.78, 5) is 20.6. The number of pyridine rings is 1. The predicted molar refractivity (Wildman–Crippen MR) is 102 cm³/mol. The SMILES string of the molecule is CN(C(=O)OC(C)(C)C)C1CCCCC1N(C)c1nc(Cl)ccc1C#N. The second-order valence-corrected chi connectivity index (χ2v) is 8.13. The van der Waals surface area contributed by atoms with Crippen molar-refractivity contribution in [2.75, 3.05) is 19.0 Å². The molecule has 1 aromatic rings. The largest absolute Gasteiger partial charge is 0.444 e. The molecule has 0 saturated heterocycles. The lowest BCUT2D eigenvalue weighted by molar-refractivity contribution is 0.0165. The lowest BCUT2D eigenvalue weighted by atomic mass is 9.88. The van der Waals surface area contributed by atoms with Gasteiger partial charge in [0.25, 0.3) is 0 Å². The highest BCUT2D eigenvalue weighted by molar-refractivity contribution is 6.29. The Hall–Kier alpha value is -2.00. The van der Waals surface area contributed by atoms with E-state index in [1.165, 1.54) is 0 Å². The van der Waals surface area contributed by atoms with Gasteiger partial charge in [-0.3, -0.25) is 0 Å². The molecule has 1 aliphatic rings. The smallest absolute Gasteiger partial charge is 0.410 e. The van der Waals surface area contributed by atoms with E-state index in [9.17, 15) is 10.1 Å². The van der Waals surface area contributed by atoms with Gasteiger partial charge < -0.3 is 14.5 Å². The third-order valence-corrected chi connectivity index (χ3v) is 4.88. The number of ether oxygens (including phenoxy) is 1.